The van der Waals surface area contributed by atoms with Crippen molar-refractivity contribution in [2.75, 3.05) is 0 Å². The van der Waals surface area contributed by atoms with Gasteiger partial charge in [0, 0.05) is 38.2 Å². The van der Waals surface area contributed by atoms with E-state index >= 15 is 0 Å². The molecule has 8 heteroatoms. The van der Waals surface area contributed by atoms with Gasteiger partial charge < -0.3 is 9.13 Å². The van der Waals surface area contributed by atoms with Crippen molar-refractivity contribution in [1.82, 2.24) is 24.1 Å². The van der Waals surface area contributed by atoms with Gasteiger partial charge in [-0.15, -0.1) is 0 Å². The van der Waals surface area contributed by atoms with Gasteiger partial charge in [-0.3, -0.25) is 0 Å². The van der Waals surface area contributed by atoms with Gasteiger partial charge in [-0.05, 0) is 82.9 Å². The van der Waals surface area contributed by atoms with Gasteiger partial charge in [0.15, 0.2) is 23.2 Å². The third-order valence-corrected chi connectivity index (χ3v) is 12.7. The van der Waals surface area contributed by atoms with Crippen molar-refractivity contribution in [3.05, 3.63) is 229 Å². The monoisotopic (exact) mass is 866 g/mol. The summed E-state index contributed by atoms with van der Waals surface area (Å²) in [6.45, 7) is 7.48. The van der Waals surface area contributed by atoms with Crippen molar-refractivity contribution in [2.24, 2.45) is 0 Å². The number of benzene rings is 9. The lowest BCUT2D eigenvalue weighted by atomic mass is 10.0. The largest absolute Gasteiger partial charge is 0.308 e. The highest BCUT2D eigenvalue weighted by atomic mass is 15.1. The fraction of sp³-hybridized carbons (Fsp3) is 0. The van der Waals surface area contributed by atoms with E-state index in [4.69, 9.17) is 21.5 Å². The Kier molecular flexibility index (Phi) is 9.47. The Labute approximate surface area is 391 Å². The molecule has 3 heterocycles. The Morgan fingerprint density at radius 3 is 1.24 bits per heavy atom. The van der Waals surface area contributed by atoms with Gasteiger partial charge >= 0.3 is 0 Å². The second-order valence-corrected chi connectivity index (χ2v) is 16.6. The second-order valence-electron chi connectivity index (χ2n) is 16.6. The van der Waals surface area contributed by atoms with Crippen LogP contribution >= 0.6 is 0 Å². The van der Waals surface area contributed by atoms with Crippen LogP contribution in [0.3, 0.4) is 0 Å². The topological polar surface area (TPSA) is 100 Å². The molecule has 12 rings (SSSR count). The predicted octanol–water partition coefficient (Wildman–Crippen LogP) is 14.7. The molecule has 0 radical (unpaired) electrons. The van der Waals surface area contributed by atoms with Gasteiger partial charge in [-0.25, -0.2) is 19.8 Å². The minimum atomic E-state index is 0.458. The Hall–Kier alpha value is -9.94. The smallest absolute Gasteiger partial charge is 0.187 e. The van der Waals surface area contributed by atoms with E-state index in [1.165, 1.54) is 0 Å². The predicted molar refractivity (Wildman–Crippen MR) is 271 cm³/mol. The van der Waals surface area contributed by atoms with E-state index in [-0.39, 0.29) is 0 Å². The SMILES string of the molecule is [C-]#[N+]c1ccc(-c2ccc3c(c2)c2ccccc2n3-c2cc(-c3nc(-c4ccccc4)nc(-c4ccccc4)n3)cc(-n3c4ccccc4c4cc(-c5ccc(C#N)cc5)ccc43)c2C#N)cc1. The van der Waals surface area contributed by atoms with Crippen LogP contribution < -0.4 is 0 Å². The normalized spacial score (nSPS) is 11.2. The zero-order valence-corrected chi connectivity index (χ0v) is 36.2. The number of aromatic nitrogens is 5. The highest BCUT2D eigenvalue weighted by Crippen LogP contribution is 2.42. The lowest BCUT2D eigenvalue weighted by Gasteiger charge is -2.18. The molecule has 0 N–H and O–H groups in total. The molecule has 0 bridgehead atoms. The molecule has 0 atom stereocenters. The first-order valence-electron chi connectivity index (χ1n) is 22.1. The van der Waals surface area contributed by atoms with Crippen LogP contribution in [0, 0.1) is 29.2 Å². The average molecular weight is 867 g/mol. The summed E-state index contributed by atoms with van der Waals surface area (Å²) in [5.74, 6) is 1.52. The Balaban J connectivity index is 1.17. The molecule has 3 aromatic heterocycles. The molecule has 0 unspecified atom stereocenters. The van der Waals surface area contributed by atoms with Gasteiger partial charge in [0.1, 0.15) is 11.6 Å². The summed E-state index contributed by atoms with van der Waals surface area (Å²) in [7, 11) is 0. The van der Waals surface area contributed by atoms with Crippen molar-refractivity contribution >= 4 is 49.3 Å². The quantitative estimate of drug-likeness (QED) is 0.149. The van der Waals surface area contributed by atoms with Gasteiger partial charge in [-0.1, -0.05) is 146 Å². The van der Waals surface area contributed by atoms with Crippen LogP contribution in [-0.2, 0) is 0 Å². The Morgan fingerprint density at radius 2 is 0.779 bits per heavy atom. The minimum absolute atomic E-state index is 0.458. The highest BCUT2D eigenvalue weighted by molar-refractivity contribution is 6.12. The van der Waals surface area contributed by atoms with Gasteiger partial charge in [0.05, 0.1) is 51.6 Å². The minimum Gasteiger partial charge on any atom is -0.308 e. The van der Waals surface area contributed by atoms with Crippen molar-refractivity contribution in [2.45, 2.75) is 0 Å². The Morgan fingerprint density at radius 1 is 0.368 bits per heavy atom. The van der Waals surface area contributed by atoms with Gasteiger partial charge in [0.25, 0.3) is 0 Å². The van der Waals surface area contributed by atoms with E-state index in [1.807, 2.05) is 146 Å². The molecule has 0 fully saturated rings. The van der Waals surface area contributed by atoms with Crippen molar-refractivity contribution in [1.29, 1.82) is 10.5 Å². The summed E-state index contributed by atoms with van der Waals surface area (Å²) in [5, 5.41) is 25.2. The summed E-state index contributed by atoms with van der Waals surface area (Å²) < 4.78 is 4.38. The number of hydrogen-bond donors (Lipinski definition) is 0. The van der Waals surface area contributed by atoms with E-state index < -0.39 is 0 Å². The van der Waals surface area contributed by atoms with Crippen molar-refractivity contribution in [3.63, 3.8) is 0 Å². The van der Waals surface area contributed by atoms with Crippen LogP contribution in [0.1, 0.15) is 11.1 Å². The van der Waals surface area contributed by atoms with Crippen LogP contribution in [0.5, 0.6) is 0 Å². The molecule has 0 aliphatic carbocycles. The summed E-state index contributed by atoms with van der Waals surface area (Å²) >= 11 is 0. The van der Waals surface area contributed by atoms with E-state index in [9.17, 15) is 10.5 Å². The zero-order chi connectivity index (χ0) is 45.7. The molecular formula is C60H34N8. The fourth-order valence-corrected chi connectivity index (χ4v) is 9.44. The standard InChI is InChI=1S/C60H34N8/c1-63-46-28-24-40(25-29-46)44-27-31-55-50(33-44)48-17-9-11-19-53(48)68(55)57-35-45(60-65-58(41-12-4-2-5-13-41)64-59(66-60)42-14-6-3-7-15-42)34-56(51(57)37-62)67-52-18-10-8-16-47(52)49-32-43(26-30-54(49)67)39-22-20-38(36-61)21-23-39/h2-35H. The van der Waals surface area contributed by atoms with Crippen LogP contribution in [0.2, 0.25) is 0 Å². The number of fused-ring (bicyclic) bond motifs is 6. The lowest BCUT2D eigenvalue weighted by Crippen LogP contribution is -2.07. The summed E-state index contributed by atoms with van der Waals surface area (Å²) in [6, 6.07) is 73.6. The van der Waals surface area contributed by atoms with Crippen LogP contribution in [0.4, 0.5) is 5.69 Å². The van der Waals surface area contributed by atoms with Crippen LogP contribution in [0.25, 0.3) is 116 Å². The van der Waals surface area contributed by atoms with Crippen molar-refractivity contribution in [3.8, 4) is 79.9 Å². The Bertz CT molecular complexity index is 3840. The number of nitriles is 2. The summed E-state index contributed by atoms with van der Waals surface area (Å²) in [6.07, 6.45) is 0. The number of nitrogens with zero attached hydrogens (tertiary/aromatic N) is 8. The molecule has 0 aliphatic rings. The second kappa shape index (κ2) is 16.2. The number of hydrogen-bond acceptors (Lipinski definition) is 5. The molecule has 8 nitrogen and oxygen atoms in total. The van der Waals surface area contributed by atoms with Crippen LogP contribution in [0.15, 0.2) is 206 Å². The van der Waals surface area contributed by atoms with E-state index in [1.54, 1.807) is 0 Å². The first-order chi connectivity index (χ1) is 33.6. The molecule has 68 heavy (non-hydrogen) atoms. The molecule has 0 saturated heterocycles. The molecule has 314 valence electrons. The molecule has 0 saturated carbocycles. The zero-order valence-electron chi connectivity index (χ0n) is 36.2. The molecular weight excluding hydrogens is 833 g/mol. The summed E-state index contributed by atoms with van der Waals surface area (Å²) in [5.41, 5.74) is 13.1. The van der Waals surface area contributed by atoms with Gasteiger partial charge in [-0.2, -0.15) is 10.5 Å². The first-order valence-corrected chi connectivity index (χ1v) is 22.1. The third-order valence-electron chi connectivity index (χ3n) is 12.7. The number of para-hydroxylation sites is 2. The molecule has 0 spiro atoms. The molecule has 12 aromatic rings. The van der Waals surface area contributed by atoms with Crippen molar-refractivity contribution < 1.29 is 0 Å². The fourth-order valence-electron chi connectivity index (χ4n) is 9.44. The van der Waals surface area contributed by atoms with Crippen LogP contribution in [-0.4, -0.2) is 24.1 Å². The average Bonchev–Trinajstić information content (AvgIpc) is 3.93. The van der Waals surface area contributed by atoms with Gasteiger partial charge in [0.2, 0.25) is 0 Å². The molecule has 9 aromatic carbocycles. The maximum atomic E-state index is 11.6. The number of rotatable bonds is 7. The lowest BCUT2D eigenvalue weighted by molar-refractivity contribution is 1.06. The molecule has 0 amide bonds. The maximum absolute atomic E-state index is 11.6. The van der Waals surface area contributed by atoms with E-state index in [0.717, 1.165) is 77.0 Å². The first kappa shape index (κ1) is 39.6. The molecule has 0 aliphatic heterocycles. The summed E-state index contributed by atoms with van der Waals surface area (Å²) in [4.78, 5) is 19.0. The van der Waals surface area contributed by atoms with E-state index in [0.29, 0.717) is 51.2 Å². The van der Waals surface area contributed by atoms with E-state index in [2.05, 4.69) is 86.8 Å². The maximum Gasteiger partial charge on any atom is 0.187 e. The third kappa shape index (κ3) is 6.63. The highest BCUT2D eigenvalue weighted by Gasteiger charge is 2.24.